The van der Waals surface area contributed by atoms with Crippen molar-refractivity contribution in [2.45, 2.75) is 55.3 Å². The maximum absolute atomic E-state index is 13.2. The lowest BCUT2D eigenvalue weighted by atomic mass is 9.98. The van der Waals surface area contributed by atoms with Gasteiger partial charge in [0.25, 0.3) is 15.0 Å². The first kappa shape index (κ1) is 21.8. The van der Waals surface area contributed by atoms with E-state index in [1.807, 2.05) is 26.0 Å². The monoisotopic (exact) mass is 491 g/mol. The SMILES string of the molecule is CC1(C)CCOc2cc(ccn2)-c2ccc3c(c2Nc2n[nH]c(n2)S(=O)(=O)c2ccn1n2)CCC3. The summed E-state index contributed by atoms with van der Waals surface area (Å²) in [4.78, 5) is 8.68. The van der Waals surface area contributed by atoms with E-state index < -0.39 is 15.4 Å². The quantitative estimate of drug-likeness (QED) is 0.382. The number of anilines is 2. The van der Waals surface area contributed by atoms with Gasteiger partial charge in [0.1, 0.15) is 0 Å². The minimum Gasteiger partial charge on any atom is -0.478 e. The smallest absolute Gasteiger partial charge is 0.260 e. The fraction of sp³-hybridized carbons (Fsp3) is 0.333. The van der Waals surface area contributed by atoms with Crippen molar-refractivity contribution in [2.75, 3.05) is 11.9 Å². The number of ether oxygens (including phenoxy) is 1. The third-order valence-corrected chi connectivity index (χ3v) is 8.17. The van der Waals surface area contributed by atoms with Crippen LogP contribution < -0.4 is 10.1 Å². The molecule has 2 N–H and O–H groups in total. The summed E-state index contributed by atoms with van der Waals surface area (Å²) in [5.74, 6) is 0.706. The highest BCUT2D eigenvalue weighted by Crippen LogP contribution is 2.39. The van der Waals surface area contributed by atoms with Crippen molar-refractivity contribution in [3.05, 3.63) is 53.9 Å². The Balaban J connectivity index is 1.51. The van der Waals surface area contributed by atoms with Crippen molar-refractivity contribution < 1.29 is 13.2 Å². The van der Waals surface area contributed by atoms with Crippen LogP contribution in [0.5, 0.6) is 5.88 Å². The Kier molecular flexibility index (Phi) is 4.92. The van der Waals surface area contributed by atoms with Gasteiger partial charge in [-0.3, -0.25) is 4.68 Å². The third-order valence-electron chi connectivity index (χ3n) is 6.71. The van der Waals surface area contributed by atoms with Gasteiger partial charge in [-0.1, -0.05) is 12.1 Å². The van der Waals surface area contributed by atoms with Crippen molar-refractivity contribution in [3.8, 4) is 17.0 Å². The fourth-order valence-corrected chi connectivity index (χ4v) is 5.65. The van der Waals surface area contributed by atoms with E-state index in [1.54, 1.807) is 17.1 Å². The number of pyridine rings is 1. The molecule has 1 aliphatic carbocycles. The van der Waals surface area contributed by atoms with Crippen LogP contribution >= 0.6 is 0 Å². The van der Waals surface area contributed by atoms with Gasteiger partial charge in [0.2, 0.25) is 11.8 Å². The standard InChI is InChI=1S/C24H25N7O3S/c1-24(2)10-13-34-19-14-16(8-11-25-19)18-7-6-15-4-3-5-17(15)21(18)26-22-27-23(29-28-22)35(32,33)20-9-12-31(24)30-20/h6-9,11-12,14H,3-5,10,13H2,1-2H3,(H2,26,27,28,29). The number of hydrogen-bond donors (Lipinski definition) is 2. The molecule has 0 unspecified atom stereocenters. The number of benzene rings is 1. The highest BCUT2D eigenvalue weighted by atomic mass is 32.2. The number of aromatic nitrogens is 6. The summed E-state index contributed by atoms with van der Waals surface area (Å²) in [6.07, 6.45) is 6.97. The van der Waals surface area contributed by atoms with Crippen molar-refractivity contribution in [2.24, 2.45) is 0 Å². The van der Waals surface area contributed by atoms with Crippen LogP contribution in [-0.2, 0) is 28.2 Å². The van der Waals surface area contributed by atoms with E-state index in [-0.39, 0.29) is 16.1 Å². The Labute approximate surface area is 202 Å². The van der Waals surface area contributed by atoms with Gasteiger partial charge < -0.3 is 10.1 Å². The number of H-pyrrole nitrogens is 1. The number of aryl methyl sites for hydroxylation is 1. The Morgan fingerprint density at radius 2 is 2.03 bits per heavy atom. The van der Waals surface area contributed by atoms with Crippen molar-refractivity contribution in [1.82, 2.24) is 29.9 Å². The number of nitrogens with zero attached hydrogens (tertiary/aromatic N) is 5. The second kappa shape index (κ2) is 7.91. The molecule has 6 bridgehead atoms. The molecule has 2 aliphatic rings. The van der Waals surface area contributed by atoms with Crippen LogP contribution in [0.15, 0.2) is 52.9 Å². The zero-order chi connectivity index (χ0) is 24.2. The maximum Gasteiger partial charge on any atom is 0.260 e. The van der Waals surface area contributed by atoms with Gasteiger partial charge in [-0.2, -0.15) is 10.1 Å². The van der Waals surface area contributed by atoms with Crippen LogP contribution in [-0.4, -0.2) is 45.0 Å². The van der Waals surface area contributed by atoms with Gasteiger partial charge >= 0.3 is 0 Å². The van der Waals surface area contributed by atoms with Crippen LogP contribution in [0.2, 0.25) is 0 Å². The van der Waals surface area contributed by atoms with Gasteiger partial charge in [0.15, 0.2) is 5.03 Å². The first-order chi connectivity index (χ1) is 16.8. The summed E-state index contributed by atoms with van der Waals surface area (Å²) in [5, 5.41) is 14.1. The van der Waals surface area contributed by atoms with Gasteiger partial charge in [0.05, 0.1) is 17.8 Å². The molecule has 0 saturated carbocycles. The number of rotatable bonds is 0. The summed E-state index contributed by atoms with van der Waals surface area (Å²) >= 11 is 0. The van der Waals surface area contributed by atoms with Crippen LogP contribution in [0.25, 0.3) is 11.1 Å². The lowest BCUT2D eigenvalue weighted by Crippen LogP contribution is -2.29. The molecule has 3 aromatic heterocycles. The van der Waals surface area contributed by atoms with E-state index in [0.717, 1.165) is 36.1 Å². The van der Waals surface area contributed by atoms with Gasteiger partial charge in [0, 0.05) is 30.4 Å². The van der Waals surface area contributed by atoms with Gasteiger partial charge in [-0.15, -0.1) is 5.10 Å². The molecular formula is C24H25N7O3S. The molecule has 6 rings (SSSR count). The predicted molar refractivity (Wildman–Crippen MR) is 128 cm³/mol. The summed E-state index contributed by atoms with van der Waals surface area (Å²) in [6, 6.07) is 9.56. The normalized spacial score (nSPS) is 18.0. The number of hydrogen-bond acceptors (Lipinski definition) is 8. The zero-order valence-electron chi connectivity index (χ0n) is 19.4. The lowest BCUT2D eigenvalue weighted by Gasteiger charge is -2.25. The molecule has 0 fully saturated rings. The van der Waals surface area contributed by atoms with Crippen molar-refractivity contribution in [1.29, 1.82) is 0 Å². The minimum atomic E-state index is -3.97. The summed E-state index contributed by atoms with van der Waals surface area (Å²) in [6.45, 7) is 4.35. The molecule has 4 aromatic rings. The molecule has 4 heterocycles. The molecule has 0 radical (unpaired) electrons. The molecule has 0 saturated heterocycles. The predicted octanol–water partition coefficient (Wildman–Crippen LogP) is 3.65. The number of nitrogens with one attached hydrogen (secondary N) is 2. The summed E-state index contributed by atoms with van der Waals surface area (Å²) in [7, 11) is -3.97. The van der Waals surface area contributed by atoms with E-state index in [9.17, 15) is 8.42 Å². The molecule has 35 heavy (non-hydrogen) atoms. The molecular weight excluding hydrogens is 466 g/mol. The number of sulfone groups is 1. The Morgan fingerprint density at radius 3 is 2.91 bits per heavy atom. The maximum atomic E-state index is 13.2. The Hall–Kier alpha value is -3.73. The third kappa shape index (κ3) is 3.75. The molecule has 1 aromatic carbocycles. The number of fused-ring (bicyclic) bond motifs is 10. The van der Waals surface area contributed by atoms with E-state index in [1.165, 1.54) is 17.2 Å². The first-order valence-electron chi connectivity index (χ1n) is 11.6. The molecule has 1 aliphatic heterocycles. The zero-order valence-corrected chi connectivity index (χ0v) is 20.3. The van der Waals surface area contributed by atoms with Gasteiger partial charge in [-0.25, -0.2) is 18.5 Å². The van der Waals surface area contributed by atoms with Crippen LogP contribution in [0.3, 0.4) is 0 Å². The van der Waals surface area contributed by atoms with Crippen molar-refractivity contribution >= 4 is 21.5 Å². The second-order valence-corrected chi connectivity index (χ2v) is 11.3. The largest absolute Gasteiger partial charge is 0.478 e. The van der Waals surface area contributed by atoms with Gasteiger partial charge in [-0.05, 0) is 61.9 Å². The average molecular weight is 492 g/mol. The number of aromatic amines is 1. The Morgan fingerprint density at radius 1 is 1.14 bits per heavy atom. The lowest BCUT2D eigenvalue weighted by molar-refractivity contribution is 0.209. The topological polar surface area (TPSA) is 128 Å². The average Bonchev–Trinajstić information content (AvgIpc) is 3.59. The van der Waals surface area contributed by atoms with Crippen molar-refractivity contribution in [3.63, 3.8) is 0 Å². The molecule has 0 amide bonds. The molecule has 0 atom stereocenters. The van der Waals surface area contributed by atoms with Crippen LogP contribution in [0.1, 0.15) is 37.8 Å². The second-order valence-electron chi connectivity index (χ2n) is 9.46. The highest BCUT2D eigenvalue weighted by Gasteiger charge is 2.29. The summed E-state index contributed by atoms with van der Waals surface area (Å²) < 4.78 is 34.1. The van der Waals surface area contributed by atoms with E-state index >= 15 is 0 Å². The fourth-order valence-electron chi connectivity index (χ4n) is 4.65. The van der Waals surface area contributed by atoms with E-state index in [4.69, 9.17) is 4.74 Å². The highest BCUT2D eigenvalue weighted by molar-refractivity contribution is 7.91. The first-order valence-corrected chi connectivity index (χ1v) is 13.0. The van der Waals surface area contributed by atoms with Crippen LogP contribution in [0.4, 0.5) is 11.6 Å². The molecule has 11 heteroatoms. The Bertz CT molecular complexity index is 1540. The molecule has 180 valence electrons. The molecule has 0 spiro atoms. The van der Waals surface area contributed by atoms with Crippen LogP contribution in [0, 0.1) is 0 Å². The minimum absolute atomic E-state index is 0.0897. The van der Waals surface area contributed by atoms with E-state index in [2.05, 4.69) is 42.7 Å². The summed E-state index contributed by atoms with van der Waals surface area (Å²) in [5.41, 5.74) is 4.73. The molecule has 10 nitrogen and oxygen atoms in total. The van der Waals surface area contributed by atoms with E-state index in [0.29, 0.717) is 18.9 Å².